The summed E-state index contributed by atoms with van der Waals surface area (Å²) in [7, 11) is 0. The van der Waals surface area contributed by atoms with E-state index in [1.165, 1.54) is 12.1 Å². The Kier molecular flexibility index (Phi) is 4.99. The molecule has 2 nitrogen and oxygen atoms in total. The molecule has 0 saturated heterocycles. The first kappa shape index (κ1) is 14.8. The maximum atomic E-state index is 13.4. The van der Waals surface area contributed by atoms with Crippen LogP contribution < -0.4 is 10.6 Å². The highest BCUT2D eigenvalue weighted by atomic mass is 35.5. The number of anilines is 2. The first-order valence-corrected chi connectivity index (χ1v) is 7.05. The average Bonchev–Trinajstić information content (AvgIpc) is 2.43. The lowest BCUT2D eigenvalue weighted by molar-refractivity contribution is 0.627. The van der Waals surface area contributed by atoms with Crippen molar-refractivity contribution in [3.63, 3.8) is 0 Å². The molecular formula is C16H18ClFN2. The van der Waals surface area contributed by atoms with Crippen LogP contribution in [0.4, 0.5) is 15.8 Å². The lowest BCUT2D eigenvalue weighted by Gasteiger charge is -2.26. The maximum Gasteiger partial charge on any atom is 0.125 e. The van der Waals surface area contributed by atoms with Crippen LogP contribution in [0.15, 0.2) is 42.5 Å². The van der Waals surface area contributed by atoms with E-state index in [1.807, 2.05) is 36.1 Å². The molecule has 20 heavy (non-hydrogen) atoms. The molecule has 0 aliphatic heterocycles. The molecule has 0 amide bonds. The highest BCUT2D eigenvalue weighted by Crippen LogP contribution is 2.31. The van der Waals surface area contributed by atoms with Crippen molar-refractivity contribution in [2.45, 2.75) is 13.3 Å². The van der Waals surface area contributed by atoms with E-state index in [2.05, 4.69) is 0 Å². The SMILES string of the molecule is CCN(c1cccc(F)c1)c1cc(Cl)ccc1CCN. The van der Waals surface area contributed by atoms with Crippen LogP contribution >= 0.6 is 11.6 Å². The fourth-order valence-electron chi connectivity index (χ4n) is 2.29. The lowest BCUT2D eigenvalue weighted by atomic mass is 10.1. The standard InChI is InChI=1S/C16H18ClFN2/c1-2-20(15-5-3-4-14(18)11-15)16-10-13(17)7-6-12(16)8-9-19/h3-7,10-11H,2,8-9,19H2,1H3. The van der Waals surface area contributed by atoms with Gasteiger partial charge in [0.2, 0.25) is 0 Å². The molecule has 0 bridgehead atoms. The summed E-state index contributed by atoms with van der Waals surface area (Å²) in [5.41, 5.74) is 8.57. The summed E-state index contributed by atoms with van der Waals surface area (Å²) in [5, 5.41) is 0.663. The molecule has 0 heterocycles. The minimum atomic E-state index is -0.247. The first-order chi connectivity index (χ1) is 9.65. The Morgan fingerprint density at radius 2 is 2.00 bits per heavy atom. The maximum absolute atomic E-state index is 13.4. The number of hydrogen-bond donors (Lipinski definition) is 1. The van der Waals surface area contributed by atoms with Crippen molar-refractivity contribution in [3.05, 3.63) is 58.9 Å². The van der Waals surface area contributed by atoms with Gasteiger partial charge in [-0.15, -0.1) is 0 Å². The molecule has 2 N–H and O–H groups in total. The fraction of sp³-hybridized carbons (Fsp3) is 0.250. The molecule has 0 unspecified atom stereocenters. The van der Waals surface area contributed by atoms with Gasteiger partial charge in [0, 0.05) is 22.9 Å². The summed E-state index contributed by atoms with van der Waals surface area (Å²) >= 11 is 6.10. The molecule has 106 valence electrons. The molecule has 0 aliphatic carbocycles. The molecule has 4 heteroatoms. The van der Waals surface area contributed by atoms with E-state index >= 15 is 0 Å². The summed E-state index contributed by atoms with van der Waals surface area (Å²) in [5.74, 6) is -0.247. The van der Waals surface area contributed by atoms with Crippen LogP contribution in [0.3, 0.4) is 0 Å². The van der Waals surface area contributed by atoms with Gasteiger partial charge >= 0.3 is 0 Å². The van der Waals surface area contributed by atoms with Gasteiger partial charge in [-0.1, -0.05) is 23.7 Å². The van der Waals surface area contributed by atoms with E-state index in [-0.39, 0.29) is 5.82 Å². The van der Waals surface area contributed by atoms with Crippen molar-refractivity contribution in [2.24, 2.45) is 5.73 Å². The van der Waals surface area contributed by atoms with E-state index in [9.17, 15) is 4.39 Å². The Labute approximate surface area is 124 Å². The largest absolute Gasteiger partial charge is 0.341 e. The van der Waals surface area contributed by atoms with Crippen LogP contribution in [0.5, 0.6) is 0 Å². The predicted molar refractivity (Wildman–Crippen MR) is 83.3 cm³/mol. The zero-order valence-corrected chi connectivity index (χ0v) is 12.2. The second-order valence-corrected chi connectivity index (χ2v) is 4.97. The highest BCUT2D eigenvalue weighted by molar-refractivity contribution is 6.30. The topological polar surface area (TPSA) is 29.3 Å². The molecule has 0 saturated carbocycles. The smallest absolute Gasteiger partial charge is 0.125 e. The molecule has 0 radical (unpaired) electrons. The number of nitrogens with two attached hydrogens (primary N) is 1. The van der Waals surface area contributed by atoms with Crippen molar-refractivity contribution in [1.82, 2.24) is 0 Å². The minimum Gasteiger partial charge on any atom is -0.341 e. The summed E-state index contributed by atoms with van der Waals surface area (Å²) < 4.78 is 13.4. The zero-order chi connectivity index (χ0) is 14.5. The zero-order valence-electron chi connectivity index (χ0n) is 11.4. The molecule has 0 spiro atoms. The molecular weight excluding hydrogens is 275 g/mol. The van der Waals surface area contributed by atoms with Crippen LogP contribution in [0, 0.1) is 5.82 Å². The Morgan fingerprint density at radius 3 is 2.65 bits per heavy atom. The Morgan fingerprint density at radius 1 is 1.20 bits per heavy atom. The summed E-state index contributed by atoms with van der Waals surface area (Å²) in [4.78, 5) is 2.04. The Hall–Kier alpha value is -1.58. The van der Waals surface area contributed by atoms with Gasteiger partial charge in [-0.05, 0) is 55.8 Å². The third-order valence-electron chi connectivity index (χ3n) is 3.19. The van der Waals surface area contributed by atoms with Gasteiger partial charge in [0.15, 0.2) is 0 Å². The molecule has 2 aromatic rings. The number of benzene rings is 2. The third-order valence-corrected chi connectivity index (χ3v) is 3.42. The molecule has 0 aliphatic rings. The molecule has 0 atom stereocenters. The predicted octanol–water partition coefficient (Wildman–Crippen LogP) is 4.14. The fourth-order valence-corrected chi connectivity index (χ4v) is 2.46. The van der Waals surface area contributed by atoms with Crippen LogP contribution in [0.25, 0.3) is 0 Å². The van der Waals surface area contributed by atoms with Crippen molar-refractivity contribution < 1.29 is 4.39 Å². The molecule has 0 aromatic heterocycles. The monoisotopic (exact) mass is 292 g/mol. The third kappa shape index (κ3) is 3.30. The van der Waals surface area contributed by atoms with E-state index in [1.54, 1.807) is 6.07 Å². The number of nitrogens with zero attached hydrogens (tertiary/aromatic N) is 1. The van der Waals surface area contributed by atoms with Crippen LogP contribution in [-0.2, 0) is 6.42 Å². The van der Waals surface area contributed by atoms with E-state index in [0.29, 0.717) is 11.6 Å². The number of rotatable bonds is 5. The van der Waals surface area contributed by atoms with Gasteiger partial charge in [0.05, 0.1) is 0 Å². The van der Waals surface area contributed by atoms with Gasteiger partial charge in [-0.2, -0.15) is 0 Å². The van der Waals surface area contributed by atoms with Gasteiger partial charge in [0.1, 0.15) is 5.82 Å². The Bertz CT molecular complexity index is 586. The first-order valence-electron chi connectivity index (χ1n) is 6.67. The normalized spacial score (nSPS) is 10.6. The molecule has 2 rings (SSSR count). The van der Waals surface area contributed by atoms with Gasteiger partial charge in [-0.25, -0.2) is 4.39 Å². The number of hydrogen-bond acceptors (Lipinski definition) is 2. The highest BCUT2D eigenvalue weighted by Gasteiger charge is 2.12. The summed E-state index contributed by atoms with van der Waals surface area (Å²) in [6, 6.07) is 12.3. The van der Waals surface area contributed by atoms with Crippen molar-refractivity contribution in [2.75, 3.05) is 18.0 Å². The molecule has 2 aromatic carbocycles. The quantitative estimate of drug-likeness (QED) is 0.897. The van der Waals surface area contributed by atoms with Gasteiger partial charge < -0.3 is 10.6 Å². The van der Waals surface area contributed by atoms with Crippen LogP contribution in [0.1, 0.15) is 12.5 Å². The van der Waals surface area contributed by atoms with E-state index in [4.69, 9.17) is 17.3 Å². The van der Waals surface area contributed by atoms with Crippen LogP contribution in [0.2, 0.25) is 5.02 Å². The van der Waals surface area contributed by atoms with Gasteiger partial charge in [0.25, 0.3) is 0 Å². The van der Waals surface area contributed by atoms with Gasteiger partial charge in [-0.3, -0.25) is 0 Å². The summed E-state index contributed by atoms with van der Waals surface area (Å²) in [6.07, 6.45) is 0.762. The average molecular weight is 293 g/mol. The van der Waals surface area contributed by atoms with E-state index < -0.39 is 0 Å². The lowest BCUT2D eigenvalue weighted by Crippen LogP contribution is -2.19. The Balaban J connectivity index is 2.48. The number of halogens is 2. The van der Waals surface area contributed by atoms with E-state index in [0.717, 1.165) is 29.9 Å². The van der Waals surface area contributed by atoms with Crippen molar-refractivity contribution in [1.29, 1.82) is 0 Å². The second kappa shape index (κ2) is 6.73. The molecule has 0 fully saturated rings. The van der Waals surface area contributed by atoms with Crippen LogP contribution in [-0.4, -0.2) is 13.1 Å². The minimum absolute atomic E-state index is 0.247. The van der Waals surface area contributed by atoms with Crippen molar-refractivity contribution >= 4 is 23.0 Å². The second-order valence-electron chi connectivity index (χ2n) is 4.54. The van der Waals surface area contributed by atoms with Crippen molar-refractivity contribution in [3.8, 4) is 0 Å². The summed E-state index contributed by atoms with van der Waals surface area (Å²) in [6.45, 7) is 3.31.